The number of nitrogens with one attached hydrogen (secondary N) is 1. The molecular formula is C20H22N2O2. The second kappa shape index (κ2) is 6.87. The van der Waals surface area contributed by atoms with Crippen molar-refractivity contribution in [1.82, 2.24) is 0 Å². The van der Waals surface area contributed by atoms with Gasteiger partial charge < -0.3 is 10.2 Å². The van der Waals surface area contributed by atoms with Crippen LogP contribution in [0.1, 0.15) is 24.5 Å². The predicted molar refractivity (Wildman–Crippen MR) is 96.1 cm³/mol. The van der Waals surface area contributed by atoms with Crippen molar-refractivity contribution in [2.45, 2.75) is 26.7 Å². The Hall–Kier alpha value is -2.62. The predicted octanol–water partition coefficient (Wildman–Crippen LogP) is 3.55. The van der Waals surface area contributed by atoms with E-state index in [0.717, 1.165) is 28.9 Å². The Morgan fingerprint density at radius 2 is 1.88 bits per heavy atom. The zero-order valence-corrected chi connectivity index (χ0v) is 14.1. The Morgan fingerprint density at radius 3 is 2.62 bits per heavy atom. The van der Waals surface area contributed by atoms with Crippen LogP contribution in [0.25, 0.3) is 0 Å². The molecule has 2 aromatic carbocycles. The quantitative estimate of drug-likeness (QED) is 0.936. The van der Waals surface area contributed by atoms with Gasteiger partial charge in [0.25, 0.3) is 0 Å². The van der Waals surface area contributed by atoms with E-state index in [9.17, 15) is 9.59 Å². The van der Waals surface area contributed by atoms with Crippen LogP contribution >= 0.6 is 0 Å². The summed E-state index contributed by atoms with van der Waals surface area (Å²) in [6.45, 7) is 4.47. The fraction of sp³-hybridized carbons (Fsp3) is 0.300. The molecule has 1 atom stereocenters. The fourth-order valence-corrected chi connectivity index (χ4v) is 3.14. The summed E-state index contributed by atoms with van der Waals surface area (Å²) in [6.07, 6.45) is 1.12. The topological polar surface area (TPSA) is 49.4 Å². The van der Waals surface area contributed by atoms with Crippen molar-refractivity contribution < 1.29 is 9.59 Å². The molecule has 24 heavy (non-hydrogen) atoms. The third kappa shape index (κ3) is 3.18. The first-order valence-electron chi connectivity index (χ1n) is 8.35. The molecule has 1 aliphatic rings. The number of amides is 2. The van der Waals surface area contributed by atoms with E-state index < -0.39 is 0 Å². The smallest absolute Gasteiger partial charge is 0.229 e. The number of hydrogen-bond acceptors (Lipinski definition) is 2. The van der Waals surface area contributed by atoms with Crippen LogP contribution in [0.2, 0.25) is 0 Å². The molecule has 0 aliphatic carbocycles. The summed E-state index contributed by atoms with van der Waals surface area (Å²) >= 11 is 0. The van der Waals surface area contributed by atoms with Gasteiger partial charge in [0.1, 0.15) is 0 Å². The standard InChI is InChI=1S/C20H22N2O2/c1-3-15-9-5-7-11-18(15)22-13-16(12-19(22)23)20(24)21-17-10-6-4-8-14(17)2/h4-11,16H,3,12-13H2,1-2H3,(H,21,24). The summed E-state index contributed by atoms with van der Waals surface area (Å²) in [5.41, 5.74) is 3.88. The van der Waals surface area contributed by atoms with E-state index in [4.69, 9.17) is 0 Å². The van der Waals surface area contributed by atoms with Crippen molar-refractivity contribution in [2.24, 2.45) is 5.92 Å². The zero-order valence-electron chi connectivity index (χ0n) is 14.1. The van der Waals surface area contributed by atoms with E-state index in [-0.39, 0.29) is 24.2 Å². The maximum atomic E-state index is 12.6. The Morgan fingerprint density at radius 1 is 1.17 bits per heavy atom. The van der Waals surface area contributed by atoms with Crippen molar-refractivity contribution in [3.8, 4) is 0 Å². The number of nitrogens with zero attached hydrogens (tertiary/aromatic N) is 1. The number of para-hydroxylation sites is 2. The van der Waals surface area contributed by atoms with E-state index >= 15 is 0 Å². The SMILES string of the molecule is CCc1ccccc1N1CC(C(=O)Nc2ccccc2C)CC1=O. The minimum Gasteiger partial charge on any atom is -0.326 e. The van der Waals surface area contributed by atoms with E-state index in [2.05, 4.69) is 12.2 Å². The van der Waals surface area contributed by atoms with Gasteiger partial charge in [-0.2, -0.15) is 0 Å². The van der Waals surface area contributed by atoms with E-state index in [1.165, 1.54) is 0 Å². The number of rotatable bonds is 4. The van der Waals surface area contributed by atoms with Gasteiger partial charge in [-0.15, -0.1) is 0 Å². The first-order chi connectivity index (χ1) is 11.6. The molecule has 0 spiro atoms. The first-order valence-corrected chi connectivity index (χ1v) is 8.35. The maximum absolute atomic E-state index is 12.6. The molecule has 2 aromatic rings. The molecule has 1 N–H and O–H groups in total. The van der Waals surface area contributed by atoms with Crippen molar-refractivity contribution in [3.05, 3.63) is 59.7 Å². The highest BCUT2D eigenvalue weighted by molar-refractivity contribution is 6.04. The molecule has 1 unspecified atom stereocenters. The maximum Gasteiger partial charge on any atom is 0.229 e. The Kier molecular flexibility index (Phi) is 4.65. The van der Waals surface area contributed by atoms with E-state index in [1.54, 1.807) is 4.90 Å². The molecule has 1 heterocycles. The summed E-state index contributed by atoms with van der Waals surface area (Å²) in [4.78, 5) is 26.7. The number of carbonyl (C=O) groups excluding carboxylic acids is 2. The van der Waals surface area contributed by atoms with Crippen LogP contribution in [0.5, 0.6) is 0 Å². The normalized spacial score (nSPS) is 17.2. The fourth-order valence-electron chi connectivity index (χ4n) is 3.14. The Labute approximate surface area is 142 Å². The molecule has 0 saturated carbocycles. The molecule has 1 saturated heterocycles. The third-order valence-corrected chi connectivity index (χ3v) is 4.56. The molecule has 2 amide bonds. The number of hydrogen-bond donors (Lipinski definition) is 1. The zero-order chi connectivity index (χ0) is 17.1. The van der Waals surface area contributed by atoms with Gasteiger partial charge in [-0.3, -0.25) is 9.59 Å². The molecule has 4 heteroatoms. The van der Waals surface area contributed by atoms with Crippen molar-refractivity contribution in [1.29, 1.82) is 0 Å². The van der Waals surface area contributed by atoms with Gasteiger partial charge >= 0.3 is 0 Å². The van der Waals surface area contributed by atoms with Crippen molar-refractivity contribution >= 4 is 23.2 Å². The summed E-state index contributed by atoms with van der Waals surface area (Å²) in [6, 6.07) is 15.6. The van der Waals surface area contributed by atoms with Crippen LogP contribution in [0.15, 0.2) is 48.5 Å². The molecule has 4 nitrogen and oxygen atoms in total. The minimum absolute atomic E-state index is 0.0147. The molecule has 1 fully saturated rings. The van der Waals surface area contributed by atoms with Gasteiger partial charge in [0.2, 0.25) is 11.8 Å². The van der Waals surface area contributed by atoms with Crippen LogP contribution < -0.4 is 10.2 Å². The molecule has 124 valence electrons. The van der Waals surface area contributed by atoms with Gasteiger partial charge in [0.15, 0.2) is 0 Å². The molecule has 1 aliphatic heterocycles. The van der Waals surface area contributed by atoms with Crippen molar-refractivity contribution in [3.63, 3.8) is 0 Å². The number of anilines is 2. The first kappa shape index (κ1) is 16.2. The van der Waals surface area contributed by atoms with Crippen LogP contribution in [-0.4, -0.2) is 18.4 Å². The van der Waals surface area contributed by atoms with Gasteiger partial charge in [-0.05, 0) is 36.6 Å². The van der Waals surface area contributed by atoms with Crippen LogP contribution in [0.3, 0.4) is 0 Å². The lowest BCUT2D eigenvalue weighted by Gasteiger charge is -2.20. The summed E-state index contributed by atoms with van der Waals surface area (Å²) in [7, 11) is 0. The summed E-state index contributed by atoms with van der Waals surface area (Å²) < 4.78 is 0. The number of carbonyl (C=O) groups is 2. The Balaban J connectivity index is 1.75. The Bertz CT molecular complexity index is 770. The molecule has 0 radical (unpaired) electrons. The lowest BCUT2D eigenvalue weighted by atomic mass is 10.1. The average Bonchev–Trinajstić information content (AvgIpc) is 2.98. The highest BCUT2D eigenvalue weighted by Gasteiger charge is 2.35. The summed E-state index contributed by atoms with van der Waals surface area (Å²) in [5, 5.41) is 2.96. The average molecular weight is 322 g/mol. The van der Waals surface area contributed by atoms with Crippen LogP contribution in [0.4, 0.5) is 11.4 Å². The highest BCUT2D eigenvalue weighted by atomic mass is 16.2. The monoisotopic (exact) mass is 322 g/mol. The van der Waals surface area contributed by atoms with E-state index in [0.29, 0.717) is 6.54 Å². The lowest BCUT2D eigenvalue weighted by Crippen LogP contribution is -2.28. The van der Waals surface area contributed by atoms with Gasteiger partial charge in [-0.1, -0.05) is 43.3 Å². The van der Waals surface area contributed by atoms with Crippen LogP contribution in [-0.2, 0) is 16.0 Å². The van der Waals surface area contributed by atoms with Crippen molar-refractivity contribution in [2.75, 3.05) is 16.8 Å². The third-order valence-electron chi connectivity index (χ3n) is 4.56. The van der Waals surface area contributed by atoms with Gasteiger partial charge in [0, 0.05) is 24.3 Å². The van der Waals surface area contributed by atoms with Crippen LogP contribution in [0, 0.1) is 12.8 Å². The minimum atomic E-state index is -0.318. The van der Waals surface area contributed by atoms with Gasteiger partial charge in [0.05, 0.1) is 5.92 Å². The van der Waals surface area contributed by atoms with E-state index in [1.807, 2.05) is 55.5 Å². The molecule has 0 aromatic heterocycles. The second-order valence-corrected chi connectivity index (χ2v) is 6.19. The number of aryl methyl sites for hydroxylation is 2. The molecule has 3 rings (SSSR count). The number of benzene rings is 2. The van der Waals surface area contributed by atoms with Gasteiger partial charge in [-0.25, -0.2) is 0 Å². The summed E-state index contributed by atoms with van der Waals surface area (Å²) in [5.74, 6) is -0.392. The lowest BCUT2D eigenvalue weighted by molar-refractivity contribution is -0.122. The second-order valence-electron chi connectivity index (χ2n) is 6.19. The highest BCUT2D eigenvalue weighted by Crippen LogP contribution is 2.29. The largest absolute Gasteiger partial charge is 0.326 e. The molecular weight excluding hydrogens is 300 g/mol. The molecule has 0 bridgehead atoms.